The minimum Gasteiger partial charge on any atom is -0.497 e. The zero-order chi connectivity index (χ0) is 18.1. The van der Waals surface area contributed by atoms with Gasteiger partial charge in [-0.25, -0.2) is 13.1 Å². The molecule has 0 aliphatic carbocycles. The molecule has 8 heteroatoms. The van der Waals surface area contributed by atoms with Crippen molar-refractivity contribution in [1.82, 2.24) is 4.72 Å². The summed E-state index contributed by atoms with van der Waals surface area (Å²) in [5.41, 5.74) is -0.905. The zero-order valence-corrected chi connectivity index (χ0v) is 14.7. The van der Waals surface area contributed by atoms with Crippen LogP contribution in [0.15, 0.2) is 47.4 Å². The fraction of sp³-hybridized carbons (Fsp3) is 0.294. The van der Waals surface area contributed by atoms with Crippen LogP contribution < -0.4 is 18.9 Å². The van der Waals surface area contributed by atoms with Gasteiger partial charge in [-0.1, -0.05) is 12.1 Å². The van der Waals surface area contributed by atoms with Crippen molar-refractivity contribution in [2.75, 3.05) is 20.4 Å². The molecule has 0 amide bonds. The summed E-state index contributed by atoms with van der Waals surface area (Å²) in [6, 6.07) is 11.1. The van der Waals surface area contributed by atoms with Gasteiger partial charge in [0, 0.05) is 12.6 Å². The van der Waals surface area contributed by atoms with Gasteiger partial charge in [0.05, 0.1) is 12.0 Å². The molecule has 1 unspecified atom stereocenters. The van der Waals surface area contributed by atoms with Crippen molar-refractivity contribution in [2.45, 2.75) is 17.4 Å². The highest BCUT2D eigenvalue weighted by atomic mass is 32.2. The smallest absolute Gasteiger partial charge is 0.240 e. The van der Waals surface area contributed by atoms with Crippen LogP contribution in [0, 0.1) is 0 Å². The van der Waals surface area contributed by atoms with E-state index >= 15 is 0 Å². The summed E-state index contributed by atoms with van der Waals surface area (Å²) in [5.74, 6) is 1.55. The first-order valence-electron chi connectivity index (χ1n) is 7.58. The van der Waals surface area contributed by atoms with E-state index < -0.39 is 15.6 Å². The van der Waals surface area contributed by atoms with Gasteiger partial charge in [-0.15, -0.1) is 0 Å². The first-order valence-corrected chi connectivity index (χ1v) is 9.06. The van der Waals surface area contributed by atoms with E-state index in [2.05, 4.69) is 4.72 Å². The van der Waals surface area contributed by atoms with E-state index in [9.17, 15) is 13.5 Å². The number of rotatable bonds is 6. The van der Waals surface area contributed by atoms with Crippen molar-refractivity contribution in [3.05, 3.63) is 48.0 Å². The van der Waals surface area contributed by atoms with Crippen LogP contribution in [0.2, 0.25) is 0 Å². The lowest BCUT2D eigenvalue weighted by atomic mass is 9.96. The highest BCUT2D eigenvalue weighted by Crippen LogP contribution is 2.35. The van der Waals surface area contributed by atoms with E-state index in [-0.39, 0.29) is 18.2 Å². The van der Waals surface area contributed by atoms with E-state index in [0.717, 1.165) is 0 Å². The summed E-state index contributed by atoms with van der Waals surface area (Å²) in [6.45, 7) is 1.45. The van der Waals surface area contributed by atoms with Crippen molar-refractivity contribution in [2.24, 2.45) is 0 Å². The number of hydrogen-bond donors (Lipinski definition) is 2. The maximum atomic E-state index is 12.4. The van der Waals surface area contributed by atoms with Gasteiger partial charge in [0.1, 0.15) is 11.4 Å². The van der Waals surface area contributed by atoms with E-state index in [4.69, 9.17) is 14.2 Å². The Balaban J connectivity index is 1.76. The lowest BCUT2D eigenvalue weighted by Gasteiger charge is -2.24. The summed E-state index contributed by atoms with van der Waals surface area (Å²) in [4.78, 5) is 0.0633. The van der Waals surface area contributed by atoms with Crippen LogP contribution in [0.3, 0.4) is 0 Å². The van der Waals surface area contributed by atoms with Crippen molar-refractivity contribution >= 4 is 10.0 Å². The normalized spacial score (nSPS) is 15.6. The Bertz CT molecular complexity index is 878. The molecule has 0 radical (unpaired) electrons. The second-order valence-corrected chi connectivity index (χ2v) is 7.61. The lowest BCUT2D eigenvalue weighted by Crippen LogP contribution is -2.38. The van der Waals surface area contributed by atoms with Gasteiger partial charge in [0.2, 0.25) is 16.8 Å². The maximum Gasteiger partial charge on any atom is 0.240 e. The molecular formula is C17H19NO6S. The Labute approximate surface area is 146 Å². The van der Waals surface area contributed by atoms with Crippen LogP contribution in [-0.4, -0.2) is 34.0 Å². The molecule has 0 bridgehead atoms. The Morgan fingerprint density at radius 2 is 1.96 bits per heavy atom. The molecule has 0 saturated carbocycles. The number of methoxy groups -OCH3 is 1. The van der Waals surface area contributed by atoms with Crippen LogP contribution in [-0.2, 0) is 15.6 Å². The summed E-state index contributed by atoms with van der Waals surface area (Å²) >= 11 is 0. The molecule has 2 aromatic rings. The van der Waals surface area contributed by atoms with Gasteiger partial charge >= 0.3 is 0 Å². The molecule has 7 nitrogen and oxygen atoms in total. The molecule has 1 heterocycles. The fourth-order valence-corrected chi connectivity index (χ4v) is 3.59. The molecule has 2 N–H and O–H groups in total. The van der Waals surface area contributed by atoms with Crippen molar-refractivity contribution in [3.63, 3.8) is 0 Å². The third kappa shape index (κ3) is 3.71. The van der Waals surface area contributed by atoms with Crippen molar-refractivity contribution in [1.29, 1.82) is 0 Å². The lowest BCUT2D eigenvalue weighted by molar-refractivity contribution is 0.0625. The summed E-state index contributed by atoms with van der Waals surface area (Å²) in [5, 5.41) is 10.7. The molecule has 1 aliphatic heterocycles. The average molecular weight is 365 g/mol. The SMILES string of the molecule is COc1cccc(S(=O)(=O)NCC(C)(O)c2ccc3c(c2)OCO3)c1. The van der Waals surface area contributed by atoms with E-state index in [1.807, 2.05) is 0 Å². The third-order valence-electron chi connectivity index (χ3n) is 3.95. The second kappa shape index (κ2) is 6.55. The van der Waals surface area contributed by atoms with Gasteiger partial charge in [-0.05, 0) is 36.8 Å². The van der Waals surface area contributed by atoms with Gasteiger partial charge in [-0.2, -0.15) is 0 Å². The molecule has 0 fully saturated rings. The molecule has 0 aromatic heterocycles. The van der Waals surface area contributed by atoms with E-state index in [1.54, 1.807) is 30.3 Å². The Kier molecular flexibility index (Phi) is 4.59. The minimum atomic E-state index is -3.79. The highest BCUT2D eigenvalue weighted by molar-refractivity contribution is 7.89. The first kappa shape index (κ1) is 17.5. The van der Waals surface area contributed by atoms with Crippen LogP contribution in [0.1, 0.15) is 12.5 Å². The Hall–Kier alpha value is -2.29. The Morgan fingerprint density at radius 1 is 1.20 bits per heavy atom. The number of nitrogens with one attached hydrogen (secondary N) is 1. The summed E-state index contributed by atoms with van der Waals surface area (Å²) in [6.07, 6.45) is 0. The first-order chi connectivity index (χ1) is 11.8. The Morgan fingerprint density at radius 3 is 2.72 bits per heavy atom. The molecule has 1 atom stereocenters. The number of sulfonamides is 1. The van der Waals surface area contributed by atoms with Gasteiger partial charge in [0.15, 0.2) is 11.5 Å². The topological polar surface area (TPSA) is 94.1 Å². The number of fused-ring (bicyclic) bond motifs is 1. The quantitative estimate of drug-likeness (QED) is 0.808. The number of hydrogen-bond acceptors (Lipinski definition) is 6. The average Bonchev–Trinajstić information content (AvgIpc) is 3.08. The van der Waals surface area contributed by atoms with Gasteiger partial charge < -0.3 is 19.3 Å². The predicted octanol–water partition coefficient (Wildman–Crippen LogP) is 1.61. The van der Waals surface area contributed by atoms with Crippen molar-refractivity contribution in [3.8, 4) is 17.2 Å². The molecular weight excluding hydrogens is 346 g/mol. The number of benzene rings is 2. The zero-order valence-electron chi connectivity index (χ0n) is 13.9. The van der Waals surface area contributed by atoms with E-state index in [0.29, 0.717) is 22.8 Å². The maximum absolute atomic E-state index is 12.4. The highest BCUT2D eigenvalue weighted by Gasteiger charge is 2.28. The molecule has 3 rings (SSSR count). The van der Waals surface area contributed by atoms with Crippen molar-refractivity contribution < 1.29 is 27.7 Å². The van der Waals surface area contributed by atoms with Crippen LogP contribution in [0.4, 0.5) is 0 Å². The molecule has 0 saturated heterocycles. The fourth-order valence-electron chi connectivity index (χ4n) is 2.42. The largest absolute Gasteiger partial charge is 0.497 e. The number of aliphatic hydroxyl groups is 1. The van der Waals surface area contributed by atoms with Crippen LogP contribution in [0.25, 0.3) is 0 Å². The standard InChI is InChI=1S/C17H19NO6S/c1-17(19,12-6-7-15-16(8-12)24-11-23-15)10-18-25(20,21)14-5-3-4-13(9-14)22-2/h3-9,18-19H,10-11H2,1-2H3. The summed E-state index contributed by atoms with van der Waals surface area (Å²) in [7, 11) is -2.33. The molecule has 1 aliphatic rings. The third-order valence-corrected chi connectivity index (χ3v) is 5.35. The molecule has 2 aromatic carbocycles. The second-order valence-electron chi connectivity index (χ2n) is 5.85. The molecule has 134 valence electrons. The minimum absolute atomic E-state index is 0.0633. The molecule has 25 heavy (non-hydrogen) atoms. The van der Waals surface area contributed by atoms with Crippen LogP contribution in [0.5, 0.6) is 17.2 Å². The molecule has 0 spiro atoms. The van der Waals surface area contributed by atoms with Gasteiger partial charge in [-0.3, -0.25) is 0 Å². The summed E-state index contributed by atoms with van der Waals surface area (Å²) < 4.78 is 42.9. The van der Waals surface area contributed by atoms with Gasteiger partial charge in [0.25, 0.3) is 0 Å². The van der Waals surface area contributed by atoms with E-state index in [1.165, 1.54) is 26.2 Å². The van der Waals surface area contributed by atoms with Crippen LogP contribution >= 0.6 is 0 Å². The predicted molar refractivity (Wildman–Crippen MR) is 90.3 cm³/mol. The monoisotopic (exact) mass is 365 g/mol. The number of ether oxygens (including phenoxy) is 3.